The first kappa shape index (κ1) is 17.6. The fourth-order valence-electron chi connectivity index (χ4n) is 2.77. The van der Waals surface area contributed by atoms with Crippen molar-refractivity contribution in [3.05, 3.63) is 69.9 Å². The molecule has 0 spiro atoms. The monoisotopic (exact) mass is 355 g/mol. The third-order valence-corrected chi connectivity index (χ3v) is 4.20. The van der Waals surface area contributed by atoms with Crippen molar-refractivity contribution in [2.75, 3.05) is 7.11 Å². The topological polar surface area (TPSA) is 73.2 Å². The third kappa shape index (κ3) is 3.15. The summed E-state index contributed by atoms with van der Waals surface area (Å²) in [4.78, 5) is 24.9. The van der Waals surface area contributed by atoms with Crippen molar-refractivity contribution in [2.45, 2.75) is 13.0 Å². The fraction of sp³-hybridized carbons (Fsp3) is 0.211. The predicted octanol–water partition coefficient (Wildman–Crippen LogP) is 2.57. The van der Waals surface area contributed by atoms with Gasteiger partial charge in [-0.3, -0.25) is 9.59 Å². The normalized spacial score (nSPS) is 12.0. The van der Waals surface area contributed by atoms with E-state index >= 15 is 0 Å². The first-order valence-electron chi connectivity index (χ1n) is 8.02. The molecule has 0 bridgehead atoms. The lowest BCUT2D eigenvalue weighted by molar-refractivity contribution is 0.0934. The Morgan fingerprint density at radius 1 is 1.23 bits per heavy atom. The van der Waals surface area contributed by atoms with Gasteiger partial charge in [-0.2, -0.15) is 5.10 Å². The maximum atomic E-state index is 13.9. The summed E-state index contributed by atoms with van der Waals surface area (Å²) in [6.45, 7) is 1.74. The molecule has 6 nitrogen and oxygen atoms in total. The molecule has 0 radical (unpaired) electrons. The molecule has 1 N–H and O–H groups in total. The second-order valence-corrected chi connectivity index (χ2v) is 5.91. The van der Waals surface area contributed by atoms with Gasteiger partial charge in [0.05, 0.1) is 18.5 Å². The summed E-state index contributed by atoms with van der Waals surface area (Å²) >= 11 is 0. The standard InChI is InChI=1S/C19H18FN3O3/c1-11(12-8-9-16(26-3)15(20)10-12)21-18(24)17-13-6-4-5-7-14(13)19(25)23(2)22-17/h4-11H,1-3H3,(H,21,24)/t11-/m0/s1. The van der Waals surface area contributed by atoms with Gasteiger partial charge in [-0.25, -0.2) is 9.07 Å². The van der Waals surface area contributed by atoms with Gasteiger partial charge in [-0.1, -0.05) is 24.3 Å². The van der Waals surface area contributed by atoms with E-state index in [0.717, 1.165) is 4.68 Å². The van der Waals surface area contributed by atoms with Crippen LogP contribution in [-0.2, 0) is 7.05 Å². The maximum Gasteiger partial charge on any atom is 0.274 e. The highest BCUT2D eigenvalue weighted by Gasteiger charge is 2.18. The molecule has 0 saturated carbocycles. The zero-order valence-electron chi connectivity index (χ0n) is 14.6. The molecule has 134 valence electrons. The first-order valence-corrected chi connectivity index (χ1v) is 8.02. The number of ether oxygens (including phenoxy) is 1. The highest BCUT2D eigenvalue weighted by atomic mass is 19.1. The Morgan fingerprint density at radius 3 is 2.58 bits per heavy atom. The highest BCUT2D eigenvalue weighted by Crippen LogP contribution is 2.22. The van der Waals surface area contributed by atoms with Crippen molar-refractivity contribution in [2.24, 2.45) is 7.05 Å². The number of hydrogen-bond acceptors (Lipinski definition) is 4. The number of carbonyl (C=O) groups is 1. The van der Waals surface area contributed by atoms with Gasteiger partial charge in [0.2, 0.25) is 0 Å². The lowest BCUT2D eigenvalue weighted by Gasteiger charge is -2.16. The molecule has 0 aliphatic heterocycles. The number of halogens is 1. The molecule has 7 heteroatoms. The van der Waals surface area contributed by atoms with Gasteiger partial charge in [0.1, 0.15) is 0 Å². The van der Waals surface area contributed by atoms with E-state index in [1.165, 1.54) is 26.3 Å². The van der Waals surface area contributed by atoms with Crippen LogP contribution in [0, 0.1) is 5.82 Å². The number of nitrogens with zero attached hydrogens (tertiary/aromatic N) is 2. The van der Waals surface area contributed by atoms with E-state index in [4.69, 9.17) is 4.74 Å². The lowest BCUT2D eigenvalue weighted by Crippen LogP contribution is -2.31. The van der Waals surface area contributed by atoms with Crippen LogP contribution in [0.3, 0.4) is 0 Å². The zero-order chi connectivity index (χ0) is 18.8. The van der Waals surface area contributed by atoms with E-state index in [-0.39, 0.29) is 17.0 Å². The number of amides is 1. The summed E-state index contributed by atoms with van der Waals surface area (Å²) in [5, 5.41) is 7.77. The van der Waals surface area contributed by atoms with Gasteiger partial charge in [0, 0.05) is 12.4 Å². The number of benzene rings is 2. The third-order valence-electron chi connectivity index (χ3n) is 4.20. The minimum Gasteiger partial charge on any atom is -0.494 e. The van der Waals surface area contributed by atoms with Crippen molar-refractivity contribution in [1.82, 2.24) is 15.1 Å². The van der Waals surface area contributed by atoms with Crippen molar-refractivity contribution in [3.63, 3.8) is 0 Å². The smallest absolute Gasteiger partial charge is 0.274 e. The average molecular weight is 355 g/mol. The number of fused-ring (bicyclic) bond motifs is 1. The second kappa shape index (κ2) is 6.95. The molecule has 0 saturated heterocycles. The van der Waals surface area contributed by atoms with Crippen LogP contribution in [0.4, 0.5) is 4.39 Å². The summed E-state index contributed by atoms with van der Waals surface area (Å²) in [7, 11) is 2.88. The van der Waals surface area contributed by atoms with Crippen LogP contribution < -0.4 is 15.6 Å². The Bertz CT molecular complexity index is 1050. The van der Waals surface area contributed by atoms with E-state index in [0.29, 0.717) is 16.3 Å². The predicted molar refractivity (Wildman–Crippen MR) is 95.8 cm³/mol. The minimum absolute atomic E-state index is 0.137. The number of methoxy groups -OCH3 is 1. The number of carbonyl (C=O) groups excluding carboxylic acids is 1. The van der Waals surface area contributed by atoms with Crippen molar-refractivity contribution < 1.29 is 13.9 Å². The van der Waals surface area contributed by atoms with Gasteiger partial charge >= 0.3 is 0 Å². The van der Waals surface area contributed by atoms with Crippen LogP contribution in [0.5, 0.6) is 5.75 Å². The molecular formula is C19H18FN3O3. The quantitative estimate of drug-likeness (QED) is 0.781. The Balaban J connectivity index is 1.93. The van der Waals surface area contributed by atoms with Crippen LogP contribution in [-0.4, -0.2) is 22.8 Å². The van der Waals surface area contributed by atoms with Crippen LogP contribution in [0.1, 0.15) is 29.0 Å². The molecule has 0 aliphatic rings. The minimum atomic E-state index is -0.503. The summed E-state index contributed by atoms with van der Waals surface area (Å²) in [5.41, 5.74) is 0.455. The number of aryl methyl sites for hydroxylation is 1. The van der Waals surface area contributed by atoms with Gasteiger partial charge in [0.25, 0.3) is 11.5 Å². The van der Waals surface area contributed by atoms with Gasteiger partial charge in [-0.15, -0.1) is 0 Å². The molecule has 1 heterocycles. The van der Waals surface area contributed by atoms with Crippen molar-refractivity contribution >= 4 is 16.7 Å². The Labute approximate surface area is 149 Å². The first-order chi connectivity index (χ1) is 12.4. The van der Waals surface area contributed by atoms with E-state index in [9.17, 15) is 14.0 Å². The van der Waals surface area contributed by atoms with Crippen molar-refractivity contribution in [1.29, 1.82) is 0 Å². The molecule has 3 aromatic rings. The van der Waals surface area contributed by atoms with E-state index in [2.05, 4.69) is 10.4 Å². The second-order valence-electron chi connectivity index (χ2n) is 5.91. The SMILES string of the molecule is COc1ccc([C@H](C)NC(=O)c2nn(C)c(=O)c3ccccc23)cc1F. The van der Waals surface area contributed by atoms with E-state index < -0.39 is 17.8 Å². The molecule has 0 unspecified atom stereocenters. The van der Waals surface area contributed by atoms with E-state index in [1.807, 2.05) is 0 Å². The van der Waals surface area contributed by atoms with Crippen LogP contribution >= 0.6 is 0 Å². The molecule has 1 atom stereocenters. The van der Waals surface area contributed by atoms with Gasteiger partial charge in [0.15, 0.2) is 17.3 Å². The Hall–Kier alpha value is -3.22. The largest absolute Gasteiger partial charge is 0.494 e. The molecule has 1 aromatic heterocycles. The van der Waals surface area contributed by atoms with Crippen LogP contribution in [0.15, 0.2) is 47.3 Å². The van der Waals surface area contributed by atoms with E-state index in [1.54, 1.807) is 37.3 Å². The van der Waals surface area contributed by atoms with Gasteiger partial charge in [-0.05, 0) is 30.7 Å². The molecule has 26 heavy (non-hydrogen) atoms. The average Bonchev–Trinajstić information content (AvgIpc) is 2.64. The Morgan fingerprint density at radius 2 is 1.92 bits per heavy atom. The number of nitrogens with one attached hydrogen (secondary N) is 1. The summed E-state index contributed by atoms with van der Waals surface area (Å²) in [6, 6.07) is 10.8. The number of aromatic nitrogens is 2. The summed E-state index contributed by atoms with van der Waals surface area (Å²) in [6.07, 6.45) is 0. The molecule has 1 amide bonds. The molecule has 0 aliphatic carbocycles. The van der Waals surface area contributed by atoms with Crippen LogP contribution in [0.25, 0.3) is 10.8 Å². The van der Waals surface area contributed by atoms with Crippen LogP contribution in [0.2, 0.25) is 0 Å². The molecule has 0 fully saturated rings. The Kier molecular flexibility index (Phi) is 4.71. The zero-order valence-corrected chi connectivity index (χ0v) is 14.6. The maximum absolute atomic E-state index is 13.9. The lowest BCUT2D eigenvalue weighted by atomic mass is 10.1. The number of rotatable bonds is 4. The van der Waals surface area contributed by atoms with Crippen molar-refractivity contribution in [3.8, 4) is 5.75 Å². The molecular weight excluding hydrogens is 337 g/mol. The highest BCUT2D eigenvalue weighted by molar-refractivity contribution is 6.04. The summed E-state index contributed by atoms with van der Waals surface area (Å²) in [5.74, 6) is -0.810. The number of hydrogen-bond donors (Lipinski definition) is 1. The molecule has 2 aromatic carbocycles. The molecule has 3 rings (SSSR count). The fourth-order valence-corrected chi connectivity index (χ4v) is 2.77. The summed E-state index contributed by atoms with van der Waals surface area (Å²) < 4.78 is 19.9. The van der Waals surface area contributed by atoms with Gasteiger partial charge < -0.3 is 10.1 Å².